The molecule has 0 radical (unpaired) electrons. The summed E-state index contributed by atoms with van der Waals surface area (Å²) in [5, 5.41) is 7.95. The molecule has 0 amide bonds. The zero-order valence-corrected chi connectivity index (χ0v) is 12.6. The fourth-order valence-corrected chi connectivity index (χ4v) is 3.66. The maximum absolute atomic E-state index is 12.7. The van der Waals surface area contributed by atoms with Gasteiger partial charge >= 0.3 is 0 Å². The zero-order chi connectivity index (χ0) is 13.7. The first kappa shape index (κ1) is 14.5. The fourth-order valence-electron chi connectivity index (χ4n) is 1.36. The van der Waals surface area contributed by atoms with Crippen molar-refractivity contribution < 1.29 is 9.18 Å². The number of aromatic nitrogens is 2. The number of Topliss-reactive ketones (excluding diaryl/α,β-unsaturated/α-hetero) is 1. The van der Waals surface area contributed by atoms with Crippen LogP contribution in [-0.4, -0.2) is 28.0 Å². The lowest BCUT2D eigenvalue weighted by atomic mass is 10.1. The largest absolute Gasteiger partial charge is 0.298 e. The maximum atomic E-state index is 12.7. The second-order valence-electron chi connectivity index (χ2n) is 3.67. The normalized spacial score (nSPS) is 10.6. The van der Waals surface area contributed by atoms with Crippen molar-refractivity contribution >= 4 is 40.6 Å². The second-order valence-corrected chi connectivity index (χ2v) is 6.92. The molecule has 0 aliphatic rings. The van der Waals surface area contributed by atoms with E-state index in [4.69, 9.17) is 0 Å². The van der Waals surface area contributed by atoms with E-state index in [1.54, 1.807) is 12.1 Å². The van der Waals surface area contributed by atoms with Gasteiger partial charge < -0.3 is 0 Å². The summed E-state index contributed by atoms with van der Waals surface area (Å²) in [4.78, 5) is 11.8. The molecule has 0 fully saturated rings. The third kappa shape index (κ3) is 4.59. The summed E-state index contributed by atoms with van der Waals surface area (Å²) < 4.78 is 14.4. The highest BCUT2D eigenvalue weighted by Crippen LogP contribution is 2.27. The first-order valence-corrected chi connectivity index (χ1v) is 8.46. The number of hydrogen-bond acceptors (Lipinski definition) is 6. The summed E-state index contributed by atoms with van der Waals surface area (Å²) >= 11 is 4.42. The van der Waals surface area contributed by atoms with Crippen LogP contribution in [0.4, 0.5) is 4.39 Å². The Morgan fingerprint density at radius 1 is 1.26 bits per heavy atom. The van der Waals surface area contributed by atoms with Crippen LogP contribution in [0.5, 0.6) is 0 Å². The van der Waals surface area contributed by atoms with Crippen LogP contribution in [0.15, 0.2) is 32.9 Å². The Balaban J connectivity index is 1.82. The van der Waals surface area contributed by atoms with E-state index in [2.05, 4.69) is 10.2 Å². The van der Waals surface area contributed by atoms with Crippen molar-refractivity contribution in [1.82, 2.24) is 10.2 Å². The van der Waals surface area contributed by atoms with Crippen LogP contribution in [0.3, 0.4) is 0 Å². The van der Waals surface area contributed by atoms with Crippen molar-refractivity contribution in [3.8, 4) is 0 Å². The average molecular weight is 314 g/mol. The van der Waals surface area contributed by atoms with Crippen LogP contribution in [-0.2, 0) is 11.2 Å². The van der Waals surface area contributed by atoms with Crippen LogP contribution >= 0.6 is 34.9 Å². The van der Waals surface area contributed by atoms with Crippen LogP contribution in [0.25, 0.3) is 0 Å². The van der Waals surface area contributed by atoms with E-state index in [9.17, 15) is 9.18 Å². The Labute approximate surface area is 123 Å². The molecule has 1 aromatic carbocycles. The molecule has 19 heavy (non-hydrogen) atoms. The number of hydrogen-bond donors (Lipinski definition) is 0. The third-order valence-electron chi connectivity index (χ3n) is 2.23. The number of carbonyl (C=O) groups is 1. The molecule has 7 heteroatoms. The number of halogens is 1. The van der Waals surface area contributed by atoms with Gasteiger partial charge in [0.25, 0.3) is 0 Å². The van der Waals surface area contributed by atoms with Crippen LogP contribution in [0.2, 0.25) is 0 Å². The Morgan fingerprint density at radius 3 is 2.58 bits per heavy atom. The Kier molecular flexibility index (Phi) is 5.35. The third-order valence-corrected chi connectivity index (χ3v) is 5.33. The van der Waals surface area contributed by atoms with Gasteiger partial charge in [-0.15, -0.1) is 10.2 Å². The molecule has 0 spiro atoms. The molecule has 0 unspecified atom stereocenters. The first-order chi connectivity index (χ1) is 9.17. The molecule has 0 atom stereocenters. The van der Waals surface area contributed by atoms with Gasteiger partial charge in [-0.05, 0) is 24.0 Å². The average Bonchev–Trinajstić information content (AvgIpc) is 2.87. The number of nitrogens with zero attached hydrogens (tertiary/aromatic N) is 2. The lowest BCUT2D eigenvalue weighted by Crippen LogP contribution is -2.05. The van der Waals surface area contributed by atoms with E-state index in [-0.39, 0.29) is 11.6 Å². The van der Waals surface area contributed by atoms with E-state index < -0.39 is 0 Å². The Bertz CT molecular complexity index is 556. The molecule has 2 rings (SSSR count). The number of rotatable bonds is 6. The monoisotopic (exact) mass is 314 g/mol. The molecule has 0 saturated carbocycles. The van der Waals surface area contributed by atoms with Gasteiger partial charge in [0, 0.05) is 6.42 Å². The predicted molar refractivity (Wildman–Crippen MR) is 77.5 cm³/mol. The van der Waals surface area contributed by atoms with Crippen molar-refractivity contribution in [2.24, 2.45) is 0 Å². The topological polar surface area (TPSA) is 42.9 Å². The van der Waals surface area contributed by atoms with Gasteiger partial charge in [0.05, 0.1) is 5.75 Å². The van der Waals surface area contributed by atoms with Gasteiger partial charge in [-0.25, -0.2) is 4.39 Å². The molecule has 0 bridgehead atoms. The van der Waals surface area contributed by atoms with Crippen LogP contribution in [0.1, 0.15) is 5.56 Å². The summed E-state index contributed by atoms with van der Waals surface area (Å²) in [6.45, 7) is 0. The molecule has 1 heterocycles. The minimum atomic E-state index is -0.288. The summed E-state index contributed by atoms with van der Waals surface area (Å²) in [6, 6.07) is 6.00. The molecule has 0 N–H and O–H groups in total. The maximum Gasteiger partial charge on any atom is 0.175 e. The van der Waals surface area contributed by atoms with Crippen molar-refractivity contribution in [3.63, 3.8) is 0 Å². The van der Waals surface area contributed by atoms with Gasteiger partial charge in [-0.2, -0.15) is 0 Å². The number of thioether (sulfide) groups is 2. The highest BCUT2D eigenvalue weighted by molar-refractivity contribution is 8.03. The molecule has 0 saturated heterocycles. The molecular weight excluding hydrogens is 303 g/mol. The Hall–Kier alpha value is -0.920. The van der Waals surface area contributed by atoms with Gasteiger partial charge in [0.1, 0.15) is 11.6 Å². The van der Waals surface area contributed by atoms with Crippen LogP contribution in [0, 0.1) is 5.82 Å². The summed E-state index contributed by atoms with van der Waals surface area (Å²) in [7, 11) is 0. The fraction of sp³-hybridized carbons (Fsp3) is 0.250. The van der Waals surface area contributed by atoms with Gasteiger partial charge in [0.2, 0.25) is 0 Å². The number of carbonyl (C=O) groups excluding carboxylic acids is 1. The van der Waals surface area contributed by atoms with Gasteiger partial charge in [0.15, 0.2) is 8.68 Å². The van der Waals surface area contributed by atoms with E-state index >= 15 is 0 Å². The molecule has 3 nitrogen and oxygen atoms in total. The summed E-state index contributed by atoms with van der Waals surface area (Å²) in [6.07, 6.45) is 2.26. The molecular formula is C12H11FN2OS3. The van der Waals surface area contributed by atoms with Crippen molar-refractivity contribution in [3.05, 3.63) is 35.6 Å². The highest BCUT2D eigenvalue weighted by atomic mass is 32.2. The minimum Gasteiger partial charge on any atom is -0.298 e. The van der Waals surface area contributed by atoms with Gasteiger partial charge in [-0.1, -0.05) is 47.0 Å². The van der Waals surface area contributed by atoms with E-state index in [1.807, 2.05) is 6.26 Å². The second kappa shape index (κ2) is 7.02. The molecule has 1 aromatic heterocycles. The number of benzene rings is 1. The molecule has 100 valence electrons. The molecule has 0 aliphatic heterocycles. The summed E-state index contributed by atoms with van der Waals surface area (Å²) in [5.74, 6) is 0.168. The molecule has 0 aliphatic carbocycles. The number of ketones is 1. The predicted octanol–water partition coefficient (Wildman–Crippen LogP) is 3.30. The van der Waals surface area contributed by atoms with Crippen molar-refractivity contribution in [2.45, 2.75) is 15.1 Å². The Morgan fingerprint density at radius 2 is 1.95 bits per heavy atom. The SMILES string of the molecule is CSc1nnc(SCC(=O)Cc2ccc(F)cc2)s1. The van der Waals surface area contributed by atoms with E-state index in [0.717, 1.165) is 14.2 Å². The smallest absolute Gasteiger partial charge is 0.175 e. The minimum absolute atomic E-state index is 0.0949. The molecule has 2 aromatic rings. The van der Waals surface area contributed by atoms with E-state index in [1.165, 1.54) is 47.0 Å². The van der Waals surface area contributed by atoms with Crippen molar-refractivity contribution in [2.75, 3.05) is 12.0 Å². The lowest BCUT2D eigenvalue weighted by Gasteiger charge is -1.99. The lowest BCUT2D eigenvalue weighted by molar-refractivity contribution is -0.116. The van der Waals surface area contributed by atoms with Crippen LogP contribution < -0.4 is 0 Å². The van der Waals surface area contributed by atoms with Gasteiger partial charge in [-0.3, -0.25) is 4.79 Å². The zero-order valence-electron chi connectivity index (χ0n) is 10.1. The first-order valence-electron chi connectivity index (χ1n) is 5.44. The van der Waals surface area contributed by atoms with E-state index in [0.29, 0.717) is 12.2 Å². The highest BCUT2D eigenvalue weighted by Gasteiger charge is 2.08. The van der Waals surface area contributed by atoms with Crippen molar-refractivity contribution in [1.29, 1.82) is 0 Å². The summed E-state index contributed by atoms with van der Waals surface area (Å²) in [5.41, 5.74) is 0.828. The quantitative estimate of drug-likeness (QED) is 0.765. The standard InChI is InChI=1S/C12H11FN2OS3/c1-17-11-14-15-12(19-11)18-7-10(16)6-8-2-4-9(13)5-3-8/h2-5H,6-7H2,1H3.